The highest BCUT2D eigenvalue weighted by atomic mass is 16.6. The highest BCUT2D eigenvalue weighted by Gasteiger charge is 2.14. The molecule has 104 valence electrons. The molecule has 0 aliphatic heterocycles. The van der Waals surface area contributed by atoms with Crippen LogP contribution in [0.5, 0.6) is 0 Å². The molecule has 0 spiro atoms. The van der Waals surface area contributed by atoms with Gasteiger partial charge in [0.05, 0.1) is 18.5 Å². The maximum Gasteiger partial charge on any atom is 0.307 e. The van der Waals surface area contributed by atoms with Gasteiger partial charge in [0.25, 0.3) is 5.69 Å². The molecule has 0 saturated carbocycles. The number of nitro benzene ring substituents is 1. The van der Waals surface area contributed by atoms with E-state index in [-0.39, 0.29) is 18.1 Å². The van der Waals surface area contributed by atoms with Crippen LogP contribution in [0.3, 0.4) is 0 Å². The quantitative estimate of drug-likeness (QED) is 0.448. The van der Waals surface area contributed by atoms with Gasteiger partial charge in [-0.15, -0.1) is 0 Å². The van der Waals surface area contributed by atoms with Crippen LogP contribution in [0.4, 0.5) is 11.4 Å². The Hall–Kier alpha value is -2.11. The third-order valence-electron chi connectivity index (χ3n) is 2.94. The number of rotatable bonds is 6. The fraction of sp³-hybridized carbons (Fsp3) is 0.462. The standard InChI is InChI=1S/C13H18N2O4/c1-4-14(8-7-13(16)19-3)12-9-11(15(17)18)6-5-10(12)2/h5-6,9H,4,7-8H2,1-3H3. The van der Waals surface area contributed by atoms with E-state index in [1.807, 2.05) is 18.7 Å². The van der Waals surface area contributed by atoms with E-state index in [1.165, 1.54) is 19.2 Å². The second kappa shape index (κ2) is 6.72. The molecule has 1 aromatic rings. The van der Waals surface area contributed by atoms with Gasteiger partial charge in [-0.25, -0.2) is 0 Å². The summed E-state index contributed by atoms with van der Waals surface area (Å²) in [6.45, 7) is 4.97. The molecule has 6 nitrogen and oxygen atoms in total. The summed E-state index contributed by atoms with van der Waals surface area (Å²) < 4.78 is 4.60. The summed E-state index contributed by atoms with van der Waals surface area (Å²) in [7, 11) is 1.34. The van der Waals surface area contributed by atoms with Crippen LogP contribution in [0.25, 0.3) is 0 Å². The minimum absolute atomic E-state index is 0.0529. The second-order valence-corrected chi connectivity index (χ2v) is 4.13. The van der Waals surface area contributed by atoms with Crippen LogP contribution in [-0.4, -0.2) is 31.1 Å². The van der Waals surface area contributed by atoms with E-state index in [2.05, 4.69) is 4.74 Å². The van der Waals surface area contributed by atoms with Gasteiger partial charge in [0.2, 0.25) is 0 Å². The van der Waals surface area contributed by atoms with E-state index in [0.717, 1.165) is 11.3 Å². The summed E-state index contributed by atoms with van der Waals surface area (Å²) in [5, 5.41) is 10.8. The lowest BCUT2D eigenvalue weighted by molar-refractivity contribution is -0.384. The average molecular weight is 266 g/mol. The molecule has 0 unspecified atom stereocenters. The second-order valence-electron chi connectivity index (χ2n) is 4.13. The summed E-state index contributed by atoms with van der Waals surface area (Å²) >= 11 is 0. The normalized spacial score (nSPS) is 10.1. The van der Waals surface area contributed by atoms with Gasteiger partial charge in [0.1, 0.15) is 0 Å². The van der Waals surface area contributed by atoms with Crippen molar-refractivity contribution >= 4 is 17.3 Å². The number of carbonyl (C=O) groups excluding carboxylic acids is 1. The number of benzene rings is 1. The molecular formula is C13H18N2O4. The van der Waals surface area contributed by atoms with Crippen molar-refractivity contribution in [3.05, 3.63) is 33.9 Å². The predicted molar refractivity (Wildman–Crippen MR) is 72.4 cm³/mol. The Kier molecular flexibility index (Phi) is 5.29. The van der Waals surface area contributed by atoms with E-state index in [9.17, 15) is 14.9 Å². The first kappa shape index (κ1) is 14.9. The number of ether oxygens (including phenoxy) is 1. The van der Waals surface area contributed by atoms with Crippen molar-refractivity contribution in [3.63, 3.8) is 0 Å². The summed E-state index contributed by atoms with van der Waals surface area (Å²) in [6, 6.07) is 4.73. The summed E-state index contributed by atoms with van der Waals surface area (Å²) in [6.07, 6.45) is 0.256. The van der Waals surface area contributed by atoms with E-state index in [1.54, 1.807) is 6.07 Å². The molecule has 0 aliphatic carbocycles. The Morgan fingerprint density at radius 3 is 2.68 bits per heavy atom. The Bertz CT molecular complexity index is 474. The molecule has 19 heavy (non-hydrogen) atoms. The first-order valence-electron chi connectivity index (χ1n) is 6.06. The Balaban J connectivity index is 2.93. The highest BCUT2D eigenvalue weighted by Crippen LogP contribution is 2.25. The van der Waals surface area contributed by atoms with E-state index in [4.69, 9.17) is 0 Å². The molecule has 0 N–H and O–H groups in total. The molecule has 1 aromatic carbocycles. The van der Waals surface area contributed by atoms with Crippen LogP contribution >= 0.6 is 0 Å². The molecule has 0 aliphatic rings. The van der Waals surface area contributed by atoms with Crippen molar-refractivity contribution in [2.24, 2.45) is 0 Å². The third kappa shape index (κ3) is 3.94. The van der Waals surface area contributed by atoms with Gasteiger partial charge in [0, 0.05) is 30.9 Å². The topological polar surface area (TPSA) is 72.7 Å². The number of nitrogens with zero attached hydrogens (tertiary/aromatic N) is 2. The lowest BCUT2D eigenvalue weighted by atomic mass is 10.1. The molecule has 0 atom stereocenters. The molecule has 0 fully saturated rings. The smallest absolute Gasteiger partial charge is 0.307 e. The van der Waals surface area contributed by atoms with Crippen molar-refractivity contribution in [3.8, 4) is 0 Å². The Morgan fingerprint density at radius 1 is 1.47 bits per heavy atom. The molecule has 0 radical (unpaired) electrons. The van der Waals surface area contributed by atoms with Gasteiger partial charge in [-0.2, -0.15) is 0 Å². The lowest BCUT2D eigenvalue weighted by Gasteiger charge is -2.24. The van der Waals surface area contributed by atoms with E-state index in [0.29, 0.717) is 13.1 Å². The van der Waals surface area contributed by atoms with Crippen molar-refractivity contribution in [1.29, 1.82) is 0 Å². The zero-order valence-electron chi connectivity index (χ0n) is 11.4. The van der Waals surface area contributed by atoms with Crippen LogP contribution in [-0.2, 0) is 9.53 Å². The largest absolute Gasteiger partial charge is 0.469 e. The van der Waals surface area contributed by atoms with Gasteiger partial charge in [-0.3, -0.25) is 14.9 Å². The third-order valence-corrected chi connectivity index (χ3v) is 2.94. The number of aryl methyl sites for hydroxylation is 1. The van der Waals surface area contributed by atoms with Crippen LogP contribution in [0, 0.1) is 17.0 Å². The number of esters is 1. The number of non-ortho nitro benzene ring substituents is 1. The minimum Gasteiger partial charge on any atom is -0.469 e. The van der Waals surface area contributed by atoms with Crippen molar-refractivity contribution < 1.29 is 14.5 Å². The van der Waals surface area contributed by atoms with Gasteiger partial charge in [0.15, 0.2) is 0 Å². The van der Waals surface area contributed by atoms with Crippen LogP contribution in [0.2, 0.25) is 0 Å². The zero-order chi connectivity index (χ0) is 14.4. The lowest BCUT2D eigenvalue weighted by Crippen LogP contribution is -2.26. The first-order chi connectivity index (χ1) is 8.99. The maximum atomic E-state index is 11.2. The minimum atomic E-state index is -0.420. The number of hydrogen-bond acceptors (Lipinski definition) is 5. The van der Waals surface area contributed by atoms with Crippen molar-refractivity contribution in [2.45, 2.75) is 20.3 Å². The fourth-order valence-corrected chi connectivity index (χ4v) is 1.83. The number of anilines is 1. The Morgan fingerprint density at radius 2 is 2.16 bits per heavy atom. The number of carbonyl (C=O) groups is 1. The molecular weight excluding hydrogens is 248 g/mol. The summed E-state index contributed by atoms with van der Waals surface area (Å²) in [4.78, 5) is 23.5. The van der Waals surface area contributed by atoms with Crippen molar-refractivity contribution in [1.82, 2.24) is 0 Å². The Labute approximate surface area is 112 Å². The van der Waals surface area contributed by atoms with Crippen molar-refractivity contribution in [2.75, 3.05) is 25.1 Å². The van der Waals surface area contributed by atoms with E-state index < -0.39 is 4.92 Å². The maximum absolute atomic E-state index is 11.2. The molecule has 6 heteroatoms. The molecule has 0 amide bonds. The summed E-state index contributed by atoms with van der Waals surface area (Å²) in [5.74, 6) is -0.290. The molecule has 0 aromatic heterocycles. The first-order valence-corrected chi connectivity index (χ1v) is 6.06. The average Bonchev–Trinajstić information content (AvgIpc) is 2.40. The highest BCUT2D eigenvalue weighted by molar-refractivity contribution is 5.70. The van der Waals surface area contributed by atoms with Crippen LogP contribution in [0.15, 0.2) is 18.2 Å². The molecule has 0 saturated heterocycles. The zero-order valence-corrected chi connectivity index (χ0v) is 11.4. The number of methoxy groups -OCH3 is 1. The van der Waals surface area contributed by atoms with Gasteiger partial charge in [-0.1, -0.05) is 6.07 Å². The number of nitro groups is 1. The fourth-order valence-electron chi connectivity index (χ4n) is 1.83. The summed E-state index contributed by atoms with van der Waals surface area (Å²) in [5.41, 5.74) is 1.77. The van der Waals surface area contributed by atoms with E-state index >= 15 is 0 Å². The predicted octanol–water partition coefficient (Wildman–Crippen LogP) is 2.29. The van der Waals surface area contributed by atoms with Gasteiger partial charge < -0.3 is 9.64 Å². The molecule has 0 heterocycles. The van der Waals surface area contributed by atoms with Crippen LogP contribution in [0.1, 0.15) is 18.9 Å². The van der Waals surface area contributed by atoms with Crippen LogP contribution < -0.4 is 4.90 Å². The van der Waals surface area contributed by atoms with Gasteiger partial charge >= 0.3 is 5.97 Å². The molecule has 0 bridgehead atoms. The number of hydrogen-bond donors (Lipinski definition) is 0. The van der Waals surface area contributed by atoms with Gasteiger partial charge in [-0.05, 0) is 19.4 Å². The SMILES string of the molecule is CCN(CCC(=O)OC)c1cc([N+](=O)[O-])ccc1C. The molecule has 1 rings (SSSR count). The monoisotopic (exact) mass is 266 g/mol.